The highest BCUT2D eigenvalue weighted by atomic mass is 15.2. The van der Waals surface area contributed by atoms with Crippen molar-refractivity contribution in [1.29, 1.82) is 0 Å². The number of hydrogen-bond acceptors (Lipinski definition) is 2. The standard InChI is InChI=1S/C16H20N4/c1-13-6-5-7-14(10-13)11-19-16(17-2)20-12-15-8-3-4-9-18-15/h3-10H,11-12H2,1-2H3,(H2,17,19,20). The fourth-order valence-electron chi connectivity index (χ4n) is 1.91. The molecule has 0 aliphatic rings. The van der Waals surface area contributed by atoms with Gasteiger partial charge in [-0.1, -0.05) is 35.9 Å². The molecule has 0 aliphatic heterocycles. The topological polar surface area (TPSA) is 49.3 Å². The maximum Gasteiger partial charge on any atom is 0.191 e. The lowest BCUT2D eigenvalue weighted by Gasteiger charge is -2.12. The van der Waals surface area contributed by atoms with E-state index < -0.39 is 0 Å². The van der Waals surface area contributed by atoms with Crippen molar-refractivity contribution in [2.75, 3.05) is 7.05 Å². The summed E-state index contributed by atoms with van der Waals surface area (Å²) in [5.41, 5.74) is 3.50. The Balaban J connectivity index is 1.84. The minimum atomic E-state index is 0.661. The van der Waals surface area contributed by atoms with Gasteiger partial charge in [-0.25, -0.2) is 0 Å². The molecule has 0 radical (unpaired) electrons. The Labute approximate surface area is 120 Å². The Morgan fingerprint density at radius 1 is 1.10 bits per heavy atom. The van der Waals surface area contributed by atoms with Crippen LogP contribution in [0.25, 0.3) is 0 Å². The van der Waals surface area contributed by atoms with Gasteiger partial charge in [0, 0.05) is 19.8 Å². The van der Waals surface area contributed by atoms with E-state index in [0.29, 0.717) is 6.54 Å². The number of hydrogen-bond donors (Lipinski definition) is 2. The van der Waals surface area contributed by atoms with Crippen LogP contribution < -0.4 is 10.6 Å². The number of benzene rings is 1. The molecule has 20 heavy (non-hydrogen) atoms. The first kappa shape index (κ1) is 14.1. The smallest absolute Gasteiger partial charge is 0.191 e. The van der Waals surface area contributed by atoms with Crippen molar-refractivity contribution in [2.24, 2.45) is 4.99 Å². The summed E-state index contributed by atoms with van der Waals surface area (Å²) in [5, 5.41) is 6.54. The molecule has 0 aliphatic carbocycles. The summed E-state index contributed by atoms with van der Waals surface area (Å²) < 4.78 is 0. The van der Waals surface area contributed by atoms with E-state index >= 15 is 0 Å². The molecule has 0 unspecified atom stereocenters. The SMILES string of the molecule is CN=C(NCc1cccc(C)c1)NCc1ccccn1. The fraction of sp³-hybridized carbons (Fsp3) is 0.250. The van der Waals surface area contributed by atoms with E-state index in [1.807, 2.05) is 18.2 Å². The van der Waals surface area contributed by atoms with Crippen molar-refractivity contribution in [1.82, 2.24) is 15.6 Å². The molecule has 4 heteroatoms. The van der Waals surface area contributed by atoms with Crippen molar-refractivity contribution in [3.63, 3.8) is 0 Å². The molecule has 0 spiro atoms. The molecule has 0 atom stereocenters. The zero-order valence-corrected chi connectivity index (χ0v) is 11.9. The number of aryl methyl sites for hydroxylation is 1. The Kier molecular flexibility index (Phi) is 5.12. The van der Waals surface area contributed by atoms with Crippen molar-refractivity contribution in [2.45, 2.75) is 20.0 Å². The van der Waals surface area contributed by atoms with E-state index in [1.165, 1.54) is 11.1 Å². The maximum absolute atomic E-state index is 4.27. The fourth-order valence-corrected chi connectivity index (χ4v) is 1.91. The summed E-state index contributed by atoms with van der Waals surface area (Å²) in [5.74, 6) is 0.775. The molecule has 0 saturated heterocycles. The quantitative estimate of drug-likeness (QED) is 0.660. The molecule has 1 aromatic carbocycles. The van der Waals surface area contributed by atoms with Crippen LogP contribution >= 0.6 is 0 Å². The molecule has 2 aromatic rings. The van der Waals surface area contributed by atoms with Gasteiger partial charge in [0.25, 0.3) is 0 Å². The van der Waals surface area contributed by atoms with Crippen LogP contribution in [0.2, 0.25) is 0 Å². The molecular formula is C16H20N4. The average molecular weight is 268 g/mol. The third kappa shape index (κ3) is 4.39. The van der Waals surface area contributed by atoms with Crippen molar-refractivity contribution in [3.8, 4) is 0 Å². The zero-order valence-electron chi connectivity index (χ0n) is 11.9. The van der Waals surface area contributed by atoms with Crippen LogP contribution in [-0.2, 0) is 13.1 Å². The van der Waals surface area contributed by atoms with Gasteiger partial charge in [0.15, 0.2) is 5.96 Å². The van der Waals surface area contributed by atoms with E-state index in [4.69, 9.17) is 0 Å². The van der Waals surface area contributed by atoms with E-state index in [9.17, 15) is 0 Å². The highest BCUT2D eigenvalue weighted by Crippen LogP contribution is 2.03. The molecule has 1 heterocycles. The Morgan fingerprint density at radius 3 is 2.65 bits per heavy atom. The minimum absolute atomic E-state index is 0.661. The third-order valence-corrected chi connectivity index (χ3v) is 2.93. The van der Waals surface area contributed by atoms with Crippen LogP contribution in [0.3, 0.4) is 0 Å². The molecule has 0 saturated carbocycles. The van der Waals surface area contributed by atoms with Gasteiger partial charge in [0.2, 0.25) is 0 Å². The average Bonchev–Trinajstić information content (AvgIpc) is 2.48. The molecule has 104 valence electrons. The summed E-state index contributed by atoms with van der Waals surface area (Å²) >= 11 is 0. The van der Waals surface area contributed by atoms with E-state index in [0.717, 1.165) is 18.2 Å². The maximum atomic E-state index is 4.27. The monoisotopic (exact) mass is 268 g/mol. The number of nitrogens with one attached hydrogen (secondary N) is 2. The highest BCUT2D eigenvalue weighted by molar-refractivity contribution is 5.79. The van der Waals surface area contributed by atoms with E-state index in [1.54, 1.807) is 13.2 Å². The summed E-state index contributed by atoms with van der Waals surface area (Å²) in [6, 6.07) is 14.3. The van der Waals surface area contributed by atoms with Crippen LogP contribution in [0, 0.1) is 6.92 Å². The van der Waals surface area contributed by atoms with Crippen molar-refractivity contribution >= 4 is 5.96 Å². The van der Waals surface area contributed by atoms with E-state index in [2.05, 4.69) is 51.8 Å². The first-order valence-corrected chi connectivity index (χ1v) is 6.68. The lowest BCUT2D eigenvalue weighted by molar-refractivity contribution is 0.794. The van der Waals surface area contributed by atoms with Gasteiger partial charge in [0.1, 0.15) is 0 Å². The number of nitrogens with zero attached hydrogens (tertiary/aromatic N) is 2. The molecule has 0 amide bonds. The number of pyridine rings is 1. The van der Waals surface area contributed by atoms with Crippen molar-refractivity contribution in [3.05, 3.63) is 65.5 Å². The largest absolute Gasteiger partial charge is 0.352 e. The molecule has 2 N–H and O–H groups in total. The lowest BCUT2D eigenvalue weighted by Crippen LogP contribution is -2.36. The van der Waals surface area contributed by atoms with Crippen LogP contribution in [0.5, 0.6) is 0 Å². The molecular weight excluding hydrogens is 248 g/mol. The normalized spacial score (nSPS) is 11.2. The summed E-state index contributed by atoms with van der Waals surface area (Å²) in [6.45, 7) is 3.51. The lowest BCUT2D eigenvalue weighted by atomic mass is 10.1. The van der Waals surface area contributed by atoms with Gasteiger partial charge in [0.05, 0.1) is 12.2 Å². The zero-order chi connectivity index (χ0) is 14.2. The van der Waals surface area contributed by atoms with Gasteiger partial charge < -0.3 is 10.6 Å². The van der Waals surface area contributed by atoms with Crippen LogP contribution in [0.1, 0.15) is 16.8 Å². The molecule has 4 nitrogen and oxygen atoms in total. The number of aromatic nitrogens is 1. The first-order valence-electron chi connectivity index (χ1n) is 6.68. The second kappa shape index (κ2) is 7.28. The Hall–Kier alpha value is -2.36. The van der Waals surface area contributed by atoms with Gasteiger partial charge in [-0.3, -0.25) is 9.98 Å². The summed E-state index contributed by atoms with van der Waals surface area (Å²) in [6.07, 6.45) is 1.79. The Bertz CT molecular complexity index is 564. The molecule has 0 bridgehead atoms. The highest BCUT2D eigenvalue weighted by Gasteiger charge is 1.99. The van der Waals surface area contributed by atoms with Crippen LogP contribution in [-0.4, -0.2) is 18.0 Å². The number of guanidine groups is 1. The second-order valence-electron chi connectivity index (χ2n) is 4.59. The van der Waals surface area contributed by atoms with Gasteiger partial charge in [-0.15, -0.1) is 0 Å². The van der Waals surface area contributed by atoms with Crippen LogP contribution in [0.15, 0.2) is 53.7 Å². The first-order chi connectivity index (χ1) is 9.78. The van der Waals surface area contributed by atoms with Gasteiger partial charge in [-0.05, 0) is 24.6 Å². The molecule has 0 fully saturated rings. The van der Waals surface area contributed by atoms with Crippen molar-refractivity contribution < 1.29 is 0 Å². The predicted octanol–water partition coefficient (Wildman–Crippen LogP) is 2.26. The third-order valence-electron chi connectivity index (χ3n) is 2.93. The van der Waals surface area contributed by atoms with Crippen LogP contribution in [0.4, 0.5) is 0 Å². The van der Waals surface area contributed by atoms with E-state index in [-0.39, 0.29) is 0 Å². The van der Waals surface area contributed by atoms with Gasteiger partial charge in [-0.2, -0.15) is 0 Å². The number of aliphatic imine (C=N–C) groups is 1. The Morgan fingerprint density at radius 2 is 1.95 bits per heavy atom. The number of rotatable bonds is 4. The molecule has 2 rings (SSSR count). The predicted molar refractivity (Wildman–Crippen MR) is 82.5 cm³/mol. The summed E-state index contributed by atoms with van der Waals surface area (Å²) in [7, 11) is 1.77. The van der Waals surface area contributed by atoms with Gasteiger partial charge >= 0.3 is 0 Å². The summed E-state index contributed by atoms with van der Waals surface area (Å²) in [4.78, 5) is 8.48. The molecule has 1 aromatic heterocycles. The second-order valence-corrected chi connectivity index (χ2v) is 4.59. The minimum Gasteiger partial charge on any atom is -0.352 e.